The Morgan fingerprint density at radius 2 is 1.84 bits per heavy atom. The molecule has 0 unspecified atom stereocenters. The van der Waals surface area contributed by atoms with Crippen molar-refractivity contribution in [2.45, 2.75) is 39.7 Å². The van der Waals surface area contributed by atoms with Crippen molar-refractivity contribution >= 4 is 44.9 Å². The zero-order chi connectivity index (χ0) is 26.9. The van der Waals surface area contributed by atoms with E-state index in [1.807, 2.05) is 19.1 Å². The number of nitrogens with two attached hydrogens (primary N) is 1. The summed E-state index contributed by atoms with van der Waals surface area (Å²) in [4.78, 5) is 33.6. The Hall–Kier alpha value is -3.47. The SMILES string of the molecule is Cc1ccc2c(N)c(C(=O)NCCc3cc(F)c(N4CCN(C(=O)OC(C)(C)C)CC4)cc3F)sc2n1. The molecule has 1 aliphatic rings. The number of fused-ring (bicyclic) bond motifs is 1. The van der Waals surface area contributed by atoms with Gasteiger partial charge in [-0.1, -0.05) is 0 Å². The molecule has 8 nitrogen and oxygen atoms in total. The molecule has 0 spiro atoms. The number of amides is 2. The fourth-order valence-electron chi connectivity index (χ4n) is 4.12. The summed E-state index contributed by atoms with van der Waals surface area (Å²) < 4.78 is 35.2. The Balaban J connectivity index is 1.35. The highest BCUT2D eigenvalue weighted by Gasteiger charge is 2.27. The number of piperazine rings is 1. The lowest BCUT2D eigenvalue weighted by Gasteiger charge is -2.37. The Labute approximate surface area is 218 Å². The van der Waals surface area contributed by atoms with E-state index in [9.17, 15) is 18.4 Å². The Morgan fingerprint density at radius 1 is 1.14 bits per heavy atom. The van der Waals surface area contributed by atoms with Crippen molar-refractivity contribution in [2.24, 2.45) is 0 Å². The van der Waals surface area contributed by atoms with Crippen LogP contribution in [0.15, 0.2) is 24.3 Å². The number of aromatic nitrogens is 1. The van der Waals surface area contributed by atoms with Crippen LogP contribution in [0, 0.1) is 18.6 Å². The minimum atomic E-state index is -0.598. The number of nitrogens with zero attached hydrogens (tertiary/aromatic N) is 3. The number of anilines is 2. The molecule has 3 heterocycles. The van der Waals surface area contributed by atoms with Crippen molar-refractivity contribution < 1.29 is 23.1 Å². The summed E-state index contributed by atoms with van der Waals surface area (Å²) in [6, 6.07) is 6.00. The molecule has 11 heteroatoms. The average molecular weight is 532 g/mol. The second kappa shape index (κ2) is 10.5. The van der Waals surface area contributed by atoms with Crippen LogP contribution < -0.4 is 16.0 Å². The van der Waals surface area contributed by atoms with Crippen molar-refractivity contribution in [2.75, 3.05) is 43.4 Å². The number of carbonyl (C=O) groups is 2. The van der Waals surface area contributed by atoms with Crippen molar-refractivity contribution in [1.29, 1.82) is 0 Å². The molecule has 3 N–H and O–H groups in total. The molecule has 2 amide bonds. The Bertz CT molecular complexity index is 1330. The fraction of sp³-hybridized carbons (Fsp3) is 0.423. The summed E-state index contributed by atoms with van der Waals surface area (Å²) in [7, 11) is 0. The van der Waals surface area contributed by atoms with Gasteiger partial charge >= 0.3 is 6.09 Å². The summed E-state index contributed by atoms with van der Waals surface area (Å²) in [5.41, 5.74) is 7.02. The second-order valence-corrected chi connectivity index (χ2v) is 11.0. The number of halogens is 2. The third kappa shape index (κ3) is 6.10. The molecule has 198 valence electrons. The summed E-state index contributed by atoms with van der Waals surface area (Å²) >= 11 is 1.20. The fourth-order valence-corrected chi connectivity index (χ4v) is 5.17. The molecule has 0 bridgehead atoms. The van der Waals surface area contributed by atoms with Crippen LogP contribution in [0.4, 0.5) is 25.0 Å². The van der Waals surface area contributed by atoms with Crippen LogP contribution in [0.3, 0.4) is 0 Å². The molecule has 1 aromatic carbocycles. The van der Waals surface area contributed by atoms with Gasteiger partial charge in [-0.15, -0.1) is 11.3 Å². The van der Waals surface area contributed by atoms with Gasteiger partial charge in [0.1, 0.15) is 26.9 Å². The number of hydrogen-bond acceptors (Lipinski definition) is 7. The minimum Gasteiger partial charge on any atom is -0.444 e. The van der Waals surface area contributed by atoms with Crippen molar-refractivity contribution in [3.05, 3.63) is 52.0 Å². The van der Waals surface area contributed by atoms with Crippen LogP contribution in [0.5, 0.6) is 0 Å². The third-order valence-electron chi connectivity index (χ3n) is 6.01. The first-order valence-corrected chi connectivity index (χ1v) is 12.9. The van der Waals surface area contributed by atoms with Crippen LogP contribution in [-0.4, -0.2) is 60.2 Å². The average Bonchev–Trinajstić information content (AvgIpc) is 3.15. The lowest BCUT2D eigenvalue weighted by Crippen LogP contribution is -2.50. The number of ether oxygens (including phenoxy) is 1. The molecule has 3 aromatic rings. The maximum absolute atomic E-state index is 14.9. The summed E-state index contributed by atoms with van der Waals surface area (Å²) in [5, 5.41) is 3.45. The van der Waals surface area contributed by atoms with Crippen molar-refractivity contribution in [1.82, 2.24) is 15.2 Å². The molecule has 1 aliphatic heterocycles. The quantitative estimate of drug-likeness (QED) is 0.503. The highest BCUT2D eigenvalue weighted by atomic mass is 32.1. The van der Waals surface area contributed by atoms with Gasteiger partial charge < -0.3 is 25.6 Å². The van der Waals surface area contributed by atoms with Crippen LogP contribution in [0.1, 0.15) is 41.7 Å². The second-order valence-electron chi connectivity index (χ2n) is 10.0. The van der Waals surface area contributed by atoms with Crippen LogP contribution in [-0.2, 0) is 11.2 Å². The number of nitrogens with one attached hydrogen (secondary N) is 1. The van der Waals surface area contributed by atoms with Crippen LogP contribution in [0.25, 0.3) is 10.2 Å². The van der Waals surface area contributed by atoms with Gasteiger partial charge in [-0.2, -0.15) is 0 Å². The van der Waals surface area contributed by atoms with E-state index in [0.717, 1.165) is 17.1 Å². The lowest BCUT2D eigenvalue weighted by molar-refractivity contribution is 0.0240. The topological polar surface area (TPSA) is 101 Å². The summed E-state index contributed by atoms with van der Waals surface area (Å²) in [6.45, 7) is 8.77. The largest absolute Gasteiger partial charge is 0.444 e. The van der Waals surface area contributed by atoms with Gasteiger partial charge in [0.05, 0.1) is 11.4 Å². The number of nitrogen functional groups attached to an aromatic ring is 1. The molecule has 0 saturated carbocycles. The standard InChI is InChI=1S/C26H31F2N5O3S/c1-15-5-6-17-21(29)22(37-24(17)31-15)23(34)30-8-7-16-13-19(28)20(14-18(16)27)32-9-11-33(12-10-32)25(35)36-26(2,3)4/h5-6,13-14H,7-12,29H2,1-4H3,(H,30,34). The van der Waals surface area contributed by atoms with E-state index in [1.165, 1.54) is 17.4 Å². The molecular formula is C26H31F2N5O3S. The van der Waals surface area contributed by atoms with Gasteiger partial charge in [-0.05, 0) is 57.9 Å². The smallest absolute Gasteiger partial charge is 0.410 e. The number of benzene rings is 1. The van der Waals surface area contributed by atoms with E-state index in [1.54, 1.807) is 30.6 Å². The summed E-state index contributed by atoms with van der Waals surface area (Å²) in [5.74, 6) is -1.48. The van der Waals surface area contributed by atoms with E-state index in [0.29, 0.717) is 41.6 Å². The van der Waals surface area contributed by atoms with Crippen LogP contribution in [0.2, 0.25) is 0 Å². The van der Waals surface area contributed by atoms with Gasteiger partial charge in [0, 0.05) is 49.9 Å². The minimum absolute atomic E-state index is 0.114. The Morgan fingerprint density at radius 3 is 2.51 bits per heavy atom. The normalized spacial score (nSPS) is 14.2. The first kappa shape index (κ1) is 26.6. The maximum atomic E-state index is 14.9. The van der Waals surface area contributed by atoms with E-state index in [2.05, 4.69) is 10.3 Å². The maximum Gasteiger partial charge on any atom is 0.410 e. The van der Waals surface area contributed by atoms with Gasteiger partial charge in [0.15, 0.2) is 0 Å². The molecule has 0 aliphatic carbocycles. The molecular weight excluding hydrogens is 500 g/mol. The van der Waals surface area contributed by atoms with Crippen molar-refractivity contribution in [3.8, 4) is 0 Å². The van der Waals surface area contributed by atoms with Gasteiger partial charge in [-0.3, -0.25) is 4.79 Å². The predicted octanol–water partition coefficient (Wildman–Crippen LogP) is 4.49. The molecule has 0 atom stereocenters. The zero-order valence-electron chi connectivity index (χ0n) is 21.4. The van der Waals surface area contributed by atoms with E-state index < -0.39 is 23.3 Å². The molecule has 1 fully saturated rings. The number of thiophene rings is 1. The van der Waals surface area contributed by atoms with Crippen molar-refractivity contribution in [3.63, 3.8) is 0 Å². The van der Waals surface area contributed by atoms with E-state index in [4.69, 9.17) is 10.5 Å². The van der Waals surface area contributed by atoms with Gasteiger partial charge in [-0.25, -0.2) is 18.6 Å². The first-order valence-electron chi connectivity index (χ1n) is 12.1. The van der Waals surface area contributed by atoms with Gasteiger partial charge in [0.25, 0.3) is 5.91 Å². The number of aryl methyl sites for hydroxylation is 1. The number of pyridine rings is 1. The monoisotopic (exact) mass is 531 g/mol. The number of rotatable bonds is 5. The Kier molecular flexibility index (Phi) is 7.54. The molecule has 1 saturated heterocycles. The van der Waals surface area contributed by atoms with E-state index >= 15 is 0 Å². The zero-order valence-corrected chi connectivity index (χ0v) is 22.2. The lowest BCUT2D eigenvalue weighted by atomic mass is 10.1. The first-order chi connectivity index (χ1) is 17.4. The molecule has 37 heavy (non-hydrogen) atoms. The number of carbonyl (C=O) groups excluding carboxylic acids is 2. The predicted molar refractivity (Wildman–Crippen MR) is 141 cm³/mol. The third-order valence-corrected chi connectivity index (χ3v) is 7.12. The molecule has 0 radical (unpaired) electrons. The summed E-state index contributed by atoms with van der Waals surface area (Å²) in [6.07, 6.45) is -0.302. The highest BCUT2D eigenvalue weighted by Crippen LogP contribution is 2.32. The van der Waals surface area contributed by atoms with Gasteiger partial charge in [0.2, 0.25) is 0 Å². The number of hydrogen-bond donors (Lipinski definition) is 2. The van der Waals surface area contributed by atoms with E-state index in [-0.39, 0.29) is 30.1 Å². The van der Waals surface area contributed by atoms with Crippen LogP contribution >= 0.6 is 11.3 Å². The molecule has 2 aromatic heterocycles. The molecule has 4 rings (SSSR count). The highest BCUT2D eigenvalue weighted by molar-refractivity contribution is 7.21.